The monoisotopic (exact) mass is 341 g/mol. The van der Waals surface area contributed by atoms with E-state index in [0.29, 0.717) is 0 Å². The van der Waals surface area contributed by atoms with Crippen LogP contribution in [0.15, 0.2) is 12.1 Å². The summed E-state index contributed by atoms with van der Waals surface area (Å²) < 4.78 is 18.7. The van der Waals surface area contributed by atoms with Gasteiger partial charge in [-0.1, -0.05) is 23.4 Å². The number of hydrogen-bond donors (Lipinski definition) is 2. The molecule has 0 aromatic heterocycles. The number of aromatic carboxylic acids is 1. The number of halogens is 2. The van der Waals surface area contributed by atoms with Crippen molar-refractivity contribution in [3.63, 3.8) is 0 Å². The van der Waals surface area contributed by atoms with Gasteiger partial charge in [-0.05, 0) is 32.9 Å². The Bertz CT molecular complexity index is 671. The van der Waals surface area contributed by atoms with Crippen molar-refractivity contribution in [1.29, 1.82) is 0 Å². The number of carbonyl (C=O) groups excluding carboxylic acids is 1. The van der Waals surface area contributed by atoms with Crippen molar-refractivity contribution in [2.75, 3.05) is 6.54 Å². The van der Waals surface area contributed by atoms with Crippen LogP contribution < -0.4 is 5.32 Å². The van der Waals surface area contributed by atoms with E-state index in [0.717, 1.165) is 12.1 Å². The first-order valence-electron chi connectivity index (χ1n) is 6.78. The number of ether oxygens (including phenoxy) is 1. The van der Waals surface area contributed by atoms with Gasteiger partial charge >= 0.3 is 12.1 Å². The fraction of sp³-hybridized carbons (Fsp3) is 0.375. The predicted octanol–water partition coefficient (Wildman–Crippen LogP) is 3.44. The predicted molar refractivity (Wildman–Crippen MR) is 84.1 cm³/mol. The fourth-order valence-electron chi connectivity index (χ4n) is 1.51. The zero-order chi connectivity index (χ0) is 17.6. The molecule has 0 fully saturated rings. The standard InChI is InChI=1S/C16H17ClFNO4/c1-16(2,3)23-15(22)19-7-5-4-6-10-8-12(17)11(14(20)21)9-13(10)18/h8-9H,5,7H2,1-3H3,(H,19,22)(H,20,21). The summed E-state index contributed by atoms with van der Waals surface area (Å²) in [6.07, 6.45) is -0.281. The molecule has 1 aromatic carbocycles. The summed E-state index contributed by atoms with van der Waals surface area (Å²) in [5.41, 5.74) is -0.903. The number of carboxylic acids is 1. The lowest BCUT2D eigenvalue weighted by molar-refractivity contribution is 0.0528. The Morgan fingerprint density at radius 3 is 2.61 bits per heavy atom. The third kappa shape index (κ3) is 6.57. The quantitative estimate of drug-likeness (QED) is 0.652. The average molecular weight is 342 g/mol. The molecule has 0 spiro atoms. The van der Waals surface area contributed by atoms with Crippen molar-refractivity contribution in [2.45, 2.75) is 32.8 Å². The lowest BCUT2D eigenvalue weighted by atomic mass is 10.1. The minimum atomic E-state index is -1.31. The molecule has 7 heteroatoms. The van der Waals surface area contributed by atoms with Crippen molar-refractivity contribution < 1.29 is 23.8 Å². The molecule has 0 bridgehead atoms. The van der Waals surface area contributed by atoms with Crippen molar-refractivity contribution in [1.82, 2.24) is 5.32 Å². The highest BCUT2D eigenvalue weighted by Gasteiger charge is 2.15. The molecule has 23 heavy (non-hydrogen) atoms. The molecular weight excluding hydrogens is 325 g/mol. The van der Waals surface area contributed by atoms with Crippen molar-refractivity contribution >= 4 is 23.7 Å². The molecular formula is C16H17ClFNO4. The van der Waals surface area contributed by atoms with Crippen molar-refractivity contribution in [3.05, 3.63) is 34.1 Å². The maximum atomic E-state index is 13.7. The van der Waals surface area contributed by atoms with Gasteiger partial charge in [-0.25, -0.2) is 14.0 Å². The second-order valence-corrected chi connectivity index (χ2v) is 6.00. The zero-order valence-electron chi connectivity index (χ0n) is 13.0. The van der Waals surface area contributed by atoms with Gasteiger partial charge < -0.3 is 15.2 Å². The van der Waals surface area contributed by atoms with E-state index in [2.05, 4.69) is 17.2 Å². The van der Waals surface area contributed by atoms with Gasteiger partial charge in [-0.3, -0.25) is 0 Å². The van der Waals surface area contributed by atoms with Crippen molar-refractivity contribution in [2.24, 2.45) is 0 Å². The molecule has 0 aliphatic rings. The van der Waals surface area contributed by atoms with Crippen LogP contribution in [-0.4, -0.2) is 29.3 Å². The van der Waals surface area contributed by atoms with E-state index in [9.17, 15) is 14.0 Å². The van der Waals surface area contributed by atoms with E-state index in [-0.39, 0.29) is 29.1 Å². The first kappa shape index (κ1) is 18.8. The molecule has 124 valence electrons. The lowest BCUT2D eigenvalue weighted by Gasteiger charge is -2.19. The summed E-state index contributed by atoms with van der Waals surface area (Å²) in [6, 6.07) is 1.99. The van der Waals surface area contributed by atoms with Gasteiger partial charge in [0.2, 0.25) is 0 Å². The minimum Gasteiger partial charge on any atom is -0.478 e. The Hall–Kier alpha value is -2.26. The highest BCUT2D eigenvalue weighted by Crippen LogP contribution is 2.20. The van der Waals surface area contributed by atoms with Gasteiger partial charge in [0.15, 0.2) is 0 Å². The highest BCUT2D eigenvalue weighted by molar-refractivity contribution is 6.33. The normalized spacial score (nSPS) is 10.5. The smallest absolute Gasteiger partial charge is 0.407 e. The van der Waals surface area contributed by atoms with Crippen LogP contribution in [0.1, 0.15) is 43.1 Å². The van der Waals surface area contributed by atoms with E-state index in [1.807, 2.05) is 0 Å². The van der Waals surface area contributed by atoms with Crippen LogP contribution in [0.3, 0.4) is 0 Å². The number of benzene rings is 1. The van der Waals surface area contributed by atoms with E-state index < -0.39 is 23.5 Å². The van der Waals surface area contributed by atoms with Crippen LogP contribution in [0.5, 0.6) is 0 Å². The number of alkyl carbamates (subject to hydrolysis) is 1. The molecule has 1 aromatic rings. The van der Waals surface area contributed by atoms with Gasteiger partial charge in [0.1, 0.15) is 11.4 Å². The molecule has 0 atom stereocenters. The largest absolute Gasteiger partial charge is 0.478 e. The molecule has 1 rings (SSSR count). The SMILES string of the molecule is CC(C)(C)OC(=O)NCCC#Cc1cc(Cl)c(C(=O)O)cc1F. The molecule has 2 N–H and O–H groups in total. The van der Waals surface area contributed by atoms with Crippen LogP contribution in [0.4, 0.5) is 9.18 Å². The van der Waals surface area contributed by atoms with Crippen LogP contribution in [-0.2, 0) is 4.74 Å². The molecule has 1 amide bonds. The first-order valence-corrected chi connectivity index (χ1v) is 7.16. The molecule has 0 unspecified atom stereocenters. The highest BCUT2D eigenvalue weighted by atomic mass is 35.5. The van der Waals surface area contributed by atoms with E-state index in [1.165, 1.54) is 0 Å². The number of amides is 1. The van der Waals surface area contributed by atoms with E-state index >= 15 is 0 Å². The second-order valence-electron chi connectivity index (χ2n) is 5.60. The zero-order valence-corrected chi connectivity index (χ0v) is 13.8. The Balaban J connectivity index is 2.59. The Labute approximate surface area is 138 Å². The Morgan fingerprint density at radius 1 is 1.39 bits per heavy atom. The van der Waals surface area contributed by atoms with Crippen LogP contribution >= 0.6 is 11.6 Å². The molecule has 0 aliphatic carbocycles. The first-order chi connectivity index (χ1) is 10.6. The minimum absolute atomic E-state index is 0.00253. The average Bonchev–Trinajstić information content (AvgIpc) is 2.39. The third-order valence-electron chi connectivity index (χ3n) is 2.43. The van der Waals surface area contributed by atoms with E-state index in [4.69, 9.17) is 21.4 Å². The Morgan fingerprint density at radius 2 is 2.04 bits per heavy atom. The number of carboxylic acid groups (broad SMARTS) is 1. The topological polar surface area (TPSA) is 75.6 Å². The molecule has 0 saturated heterocycles. The van der Waals surface area contributed by atoms with Crippen molar-refractivity contribution in [3.8, 4) is 11.8 Å². The molecule has 0 aliphatic heterocycles. The molecule has 0 saturated carbocycles. The summed E-state index contributed by atoms with van der Waals surface area (Å²) in [4.78, 5) is 22.2. The van der Waals surface area contributed by atoms with Gasteiger partial charge in [0, 0.05) is 13.0 Å². The maximum absolute atomic E-state index is 13.7. The lowest BCUT2D eigenvalue weighted by Crippen LogP contribution is -2.32. The Kier molecular flexibility index (Phi) is 6.40. The second kappa shape index (κ2) is 7.84. The molecule has 5 nitrogen and oxygen atoms in total. The molecule has 0 radical (unpaired) electrons. The molecule has 0 heterocycles. The van der Waals surface area contributed by atoms with Crippen LogP contribution in [0, 0.1) is 17.7 Å². The number of nitrogens with one attached hydrogen (secondary N) is 1. The van der Waals surface area contributed by atoms with Gasteiger partial charge in [-0.2, -0.15) is 0 Å². The fourth-order valence-corrected chi connectivity index (χ4v) is 1.75. The van der Waals surface area contributed by atoms with Crippen LogP contribution in [0.25, 0.3) is 0 Å². The third-order valence-corrected chi connectivity index (χ3v) is 2.74. The van der Waals surface area contributed by atoms with E-state index in [1.54, 1.807) is 20.8 Å². The van der Waals surface area contributed by atoms with Crippen LogP contribution in [0.2, 0.25) is 5.02 Å². The number of rotatable bonds is 3. The van der Waals surface area contributed by atoms with Gasteiger partial charge in [-0.15, -0.1) is 0 Å². The van der Waals surface area contributed by atoms with Gasteiger partial charge in [0.05, 0.1) is 16.1 Å². The summed E-state index contributed by atoms with van der Waals surface area (Å²) in [6.45, 7) is 5.49. The summed E-state index contributed by atoms with van der Waals surface area (Å²) in [5.74, 6) is 3.14. The maximum Gasteiger partial charge on any atom is 0.407 e. The number of carbonyl (C=O) groups is 2. The summed E-state index contributed by atoms with van der Waals surface area (Å²) in [5, 5.41) is 11.2. The number of hydrogen-bond acceptors (Lipinski definition) is 3. The summed E-state index contributed by atoms with van der Waals surface area (Å²) in [7, 11) is 0. The summed E-state index contributed by atoms with van der Waals surface area (Å²) >= 11 is 5.75. The van der Waals surface area contributed by atoms with Gasteiger partial charge in [0.25, 0.3) is 0 Å².